The van der Waals surface area contributed by atoms with Crippen molar-refractivity contribution >= 4 is 11.9 Å². The lowest BCUT2D eigenvalue weighted by molar-refractivity contribution is -0.152. The number of carbonyl (C=O) groups is 2. The van der Waals surface area contributed by atoms with Gasteiger partial charge in [-0.1, -0.05) is 19.3 Å². The van der Waals surface area contributed by atoms with Gasteiger partial charge < -0.3 is 15.2 Å². The zero-order valence-electron chi connectivity index (χ0n) is 13.1. The number of nitrogens with one attached hydrogen (secondary N) is 1. The van der Waals surface area contributed by atoms with Crippen molar-refractivity contribution in [3.63, 3.8) is 0 Å². The molecule has 0 atom stereocenters. The Hall–Kier alpha value is -2.04. The fourth-order valence-electron chi connectivity index (χ4n) is 2.53. The molecule has 2 rings (SSSR count). The van der Waals surface area contributed by atoms with Crippen molar-refractivity contribution in [1.29, 1.82) is 0 Å². The van der Waals surface area contributed by atoms with E-state index in [4.69, 9.17) is 9.84 Å². The van der Waals surface area contributed by atoms with Crippen molar-refractivity contribution in [2.75, 3.05) is 0 Å². The molecule has 22 heavy (non-hydrogen) atoms. The Morgan fingerprint density at radius 1 is 1.14 bits per heavy atom. The van der Waals surface area contributed by atoms with Gasteiger partial charge in [0.25, 0.3) is 5.91 Å². The normalized spacial score (nSPS) is 16.1. The molecule has 1 saturated carbocycles. The van der Waals surface area contributed by atoms with Crippen LogP contribution in [0.15, 0.2) is 24.3 Å². The van der Waals surface area contributed by atoms with E-state index in [1.807, 2.05) is 0 Å². The van der Waals surface area contributed by atoms with Crippen molar-refractivity contribution in [1.82, 2.24) is 5.32 Å². The number of ether oxygens (including phenoxy) is 1. The van der Waals surface area contributed by atoms with Crippen LogP contribution < -0.4 is 10.1 Å². The van der Waals surface area contributed by atoms with Crippen LogP contribution in [-0.4, -0.2) is 28.6 Å². The number of hydrogen-bond donors (Lipinski definition) is 2. The van der Waals surface area contributed by atoms with Gasteiger partial charge in [-0.3, -0.25) is 4.79 Å². The van der Waals surface area contributed by atoms with Gasteiger partial charge in [-0.25, -0.2) is 4.79 Å². The third kappa shape index (κ3) is 4.23. The molecule has 5 heteroatoms. The first-order valence-electron chi connectivity index (χ1n) is 7.72. The highest BCUT2D eigenvalue weighted by Crippen LogP contribution is 2.20. The first-order valence-corrected chi connectivity index (χ1v) is 7.72. The highest BCUT2D eigenvalue weighted by molar-refractivity contribution is 5.94. The molecule has 1 aromatic rings. The summed E-state index contributed by atoms with van der Waals surface area (Å²) in [6.45, 7) is 2.97. The van der Waals surface area contributed by atoms with Crippen LogP contribution in [0.4, 0.5) is 0 Å². The summed E-state index contributed by atoms with van der Waals surface area (Å²) in [6.07, 6.45) is 5.67. The SMILES string of the molecule is CC(C)(Oc1ccc(C(=O)NC2CCCCC2)cc1)C(=O)O. The molecule has 1 amide bonds. The maximum atomic E-state index is 12.2. The molecule has 1 aromatic carbocycles. The van der Waals surface area contributed by atoms with E-state index in [2.05, 4.69) is 5.32 Å². The molecule has 0 aliphatic heterocycles. The summed E-state index contributed by atoms with van der Waals surface area (Å²) in [7, 11) is 0. The number of rotatable bonds is 5. The van der Waals surface area contributed by atoms with Gasteiger partial charge in [-0.05, 0) is 51.0 Å². The number of carboxylic acids is 1. The van der Waals surface area contributed by atoms with Gasteiger partial charge in [0.1, 0.15) is 5.75 Å². The molecule has 0 aromatic heterocycles. The molecule has 0 saturated heterocycles. The molecule has 1 aliphatic carbocycles. The fourth-order valence-corrected chi connectivity index (χ4v) is 2.53. The monoisotopic (exact) mass is 305 g/mol. The largest absolute Gasteiger partial charge is 0.478 e. The smallest absolute Gasteiger partial charge is 0.347 e. The second-order valence-electron chi connectivity index (χ2n) is 6.25. The van der Waals surface area contributed by atoms with Crippen LogP contribution >= 0.6 is 0 Å². The fraction of sp³-hybridized carbons (Fsp3) is 0.529. The maximum Gasteiger partial charge on any atom is 0.347 e. The minimum atomic E-state index is -1.30. The Labute approximate surface area is 130 Å². The lowest BCUT2D eigenvalue weighted by Crippen LogP contribution is -2.38. The predicted molar refractivity (Wildman–Crippen MR) is 83.1 cm³/mol. The van der Waals surface area contributed by atoms with Crippen LogP contribution in [-0.2, 0) is 4.79 Å². The van der Waals surface area contributed by atoms with E-state index in [1.165, 1.54) is 33.1 Å². The summed E-state index contributed by atoms with van der Waals surface area (Å²) in [5.74, 6) is -0.691. The van der Waals surface area contributed by atoms with E-state index in [1.54, 1.807) is 24.3 Å². The van der Waals surface area contributed by atoms with Gasteiger partial charge in [-0.15, -0.1) is 0 Å². The van der Waals surface area contributed by atoms with Crippen LogP contribution in [0.2, 0.25) is 0 Å². The van der Waals surface area contributed by atoms with Gasteiger partial charge >= 0.3 is 5.97 Å². The molecule has 1 fully saturated rings. The van der Waals surface area contributed by atoms with Gasteiger partial charge in [0.05, 0.1) is 0 Å². The van der Waals surface area contributed by atoms with E-state index >= 15 is 0 Å². The van der Waals surface area contributed by atoms with Crippen molar-refractivity contribution in [2.45, 2.75) is 57.6 Å². The van der Waals surface area contributed by atoms with Crippen molar-refractivity contribution in [2.24, 2.45) is 0 Å². The third-order valence-corrected chi connectivity index (χ3v) is 3.94. The Morgan fingerprint density at radius 2 is 1.73 bits per heavy atom. The van der Waals surface area contributed by atoms with Crippen LogP contribution in [0.25, 0.3) is 0 Å². The van der Waals surface area contributed by atoms with E-state index in [0.717, 1.165) is 12.8 Å². The molecule has 0 heterocycles. The van der Waals surface area contributed by atoms with E-state index in [9.17, 15) is 9.59 Å². The minimum absolute atomic E-state index is 0.0871. The summed E-state index contributed by atoms with van der Waals surface area (Å²) in [6, 6.07) is 6.83. The lowest BCUT2D eigenvalue weighted by Gasteiger charge is -2.23. The summed E-state index contributed by atoms with van der Waals surface area (Å²) in [5.41, 5.74) is -0.739. The standard InChI is InChI=1S/C17H23NO4/c1-17(2,16(20)21)22-14-10-8-12(9-11-14)15(19)18-13-6-4-3-5-7-13/h8-11,13H,3-7H2,1-2H3,(H,18,19)(H,20,21). The summed E-state index contributed by atoms with van der Waals surface area (Å²) >= 11 is 0. The van der Waals surface area contributed by atoms with E-state index < -0.39 is 11.6 Å². The molecule has 5 nitrogen and oxygen atoms in total. The van der Waals surface area contributed by atoms with Crippen LogP contribution in [0.1, 0.15) is 56.3 Å². The highest BCUT2D eigenvalue weighted by Gasteiger charge is 2.29. The average Bonchev–Trinajstić information content (AvgIpc) is 2.48. The van der Waals surface area contributed by atoms with Gasteiger partial charge in [-0.2, -0.15) is 0 Å². The highest BCUT2D eigenvalue weighted by atomic mass is 16.5. The first kappa shape index (κ1) is 16.3. The van der Waals surface area contributed by atoms with Gasteiger partial charge in [0, 0.05) is 11.6 Å². The zero-order chi connectivity index (χ0) is 16.2. The average molecular weight is 305 g/mol. The minimum Gasteiger partial charge on any atom is -0.478 e. The number of benzene rings is 1. The molecule has 1 aliphatic rings. The predicted octanol–water partition coefficient (Wildman–Crippen LogP) is 2.99. The van der Waals surface area contributed by atoms with Gasteiger partial charge in [0.2, 0.25) is 0 Å². The number of carbonyl (C=O) groups excluding carboxylic acids is 1. The third-order valence-electron chi connectivity index (χ3n) is 3.94. The quantitative estimate of drug-likeness (QED) is 0.877. The van der Waals surface area contributed by atoms with Crippen molar-refractivity contribution in [3.8, 4) is 5.75 Å². The summed E-state index contributed by atoms with van der Waals surface area (Å²) < 4.78 is 5.42. The number of aliphatic carboxylic acids is 1. The van der Waals surface area contributed by atoms with Gasteiger partial charge in [0.15, 0.2) is 5.60 Å². The molecule has 0 bridgehead atoms. The van der Waals surface area contributed by atoms with E-state index in [-0.39, 0.29) is 11.9 Å². The Kier molecular flexibility index (Phi) is 5.06. The molecular formula is C17H23NO4. The second-order valence-corrected chi connectivity index (χ2v) is 6.25. The number of carboxylic acid groups (broad SMARTS) is 1. The molecular weight excluding hydrogens is 282 g/mol. The topological polar surface area (TPSA) is 75.6 Å². The Bertz CT molecular complexity index is 530. The van der Waals surface area contributed by atoms with Crippen molar-refractivity contribution < 1.29 is 19.4 Å². The number of hydrogen-bond acceptors (Lipinski definition) is 3. The van der Waals surface area contributed by atoms with E-state index in [0.29, 0.717) is 11.3 Å². The Morgan fingerprint density at radius 3 is 2.27 bits per heavy atom. The second kappa shape index (κ2) is 6.81. The zero-order valence-corrected chi connectivity index (χ0v) is 13.1. The Balaban J connectivity index is 1.96. The van der Waals surface area contributed by atoms with Crippen LogP contribution in [0.3, 0.4) is 0 Å². The van der Waals surface area contributed by atoms with Crippen LogP contribution in [0, 0.1) is 0 Å². The number of amides is 1. The first-order chi connectivity index (χ1) is 10.4. The molecule has 0 spiro atoms. The van der Waals surface area contributed by atoms with Crippen molar-refractivity contribution in [3.05, 3.63) is 29.8 Å². The lowest BCUT2D eigenvalue weighted by atomic mass is 9.95. The summed E-state index contributed by atoms with van der Waals surface area (Å²) in [5, 5.41) is 12.1. The molecule has 0 unspecified atom stereocenters. The molecule has 2 N–H and O–H groups in total. The summed E-state index contributed by atoms with van der Waals surface area (Å²) in [4.78, 5) is 23.2. The molecule has 120 valence electrons. The molecule has 0 radical (unpaired) electrons. The van der Waals surface area contributed by atoms with Crippen LogP contribution in [0.5, 0.6) is 5.75 Å². The maximum absolute atomic E-state index is 12.2.